The molecule has 4 aromatic rings. The van der Waals surface area contributed by atoms with Crippen LogP contribution in [0.25, 0.3) is 16.5 Å². The molecular formula is C23H16ClN3O6S. The molecule has 0 saturated heterocycles. The van der Waals surface area contributed by atoms with E-state index in [1.165, 1.54) is 0 Å². The van der Waals surface area contributed by atoms with Crippen molar-refractivity contribution < 1.29 is 23.8 Å². The molecule has 0 unspecified atom stereocenters. The van der Waals surface area contributed by atoms with Crippen molar-refractivity contribution in [3.8, 4) is 17.2 Å². The summed E-state index contributed by atoms with van der Waals surface area (Å²) in [4.78, 5) is 39.0. The van der Waals surface area contributed by atoms with Crippen LogP contribution in [0.4, 0.5) is 5.00 Å². The number of nitrogens with one attached hydrogen (secondary N) is 1. The molecule has 1 amide bonds. The Balaban J connectivity index is 1.61. The van der Waals surface area contributed by atoms with Gasteiger partial charge in [-0.3, -0.25) is 9.59 Å². The van der Waals surface area contributed by atoms with Crippen LogP contribution in [0.5, 0.6) is 11.5 Å². The maximum absolute atomic E-state index is 13.4. The molecule has 34 heavy (non-hydrogen) atoms. The van der Waals surface area contributed by atoms with Gasteiger partial charge in [-0.1, -0.05) is 11.6 Å². The van der Waals surface area contributed by atoms with Crippen LogP contribution in [-0.2, 0) is 4.74 Å². The second-order valence-electron chi connectivity index (χ2n) is 7.14. The maximum atomic E-state index is 13.4. The van der Waals surface area contributed by atoms with Gasteiger partial charge in [-0.25, -0.2) is 4.79 Å². The number of carbonyl (C=O) groups is 2. The number of hydrogen-bond donors (Lipinski definition) is 1. The fraction of sp³-hybridized carbons (Fsp3) is 0.130. The average Bonchev–Trinajstić information content (AvgIpc) is 3.47. The SMILES string of the molecule is CCOC(=O)c1nn(-c2ccc(Cl)cc2)c(=O)c2c(NC(=O)c3ccc4c(c3)OCO4)scc12. The van der Waals surface area contributed by atoms with Crippen LogP contribution < -0.4 is 20.3 Å². The number of aromatic nitrogens is 2. The lowest BCUT2D eigenvalue weighted by Gasteiger charge is -2.10. The van der Waals surface area contributed by atoms with Gasteiger partial charge < -0.3 is 19.5 Å². The third-order valence-corrected chi connectivity index (χ3v) is 6.20. The van der Waals surface area contributed by atoms with Gasteiger partial charge in [0.25, 0.3) is 11.5 Å². The summed E-state index contributed by atoms with van der Waals surface area (Å²) in [5, 5.41) is 9.82. The smallest absolute Gasteiger partial charge is 0.359 e. The van der Waals surface area contributed by atoms with Crippen molar-refractivity contribution in [3.63, 3.8) is 0 Å². The molecule has 2 aromatic carbocycles. The first kappa shape index (κ1) is 21.9. The fourth-order valence-electron chi connectivity index (χ4n) is 3.46. The zero-order valence-corrected chi connectivity index (χ0v) is 19.2. The fourth-order valence-corrected chi connectivity index (χ4v) is 4.52. The quantitative estimate of drug-likeness (QED) is 0.410. The number of esters is 1. The van der Waals surface area contributed by atoms with E-state index in [0.717, 1.165) is 16.0 Å². The van der Waals surface area contributed by atoms with E-state index < -0.39 is 17.4 Å². The van der Waals surface area contributed by atoms with Crippen LogP contribution in [0, 0.1) is 0 Å². The highest BCUT2D eigenvalue weighted by Gasteiger charge is 2.24. The Morgan fingerprint density at radius 3 is 2.71 bits per heavy atom. The van der Waals surface area contributed by atoms with Crippen molar-refractivity contribution >= 4 is 50.6 Å². The number of carbonyl (C=O) groups excluding carboxylic acids is 2. The molecule has 1 aliphatic rings. The third kappa shape index (κ3) is 3.87. The Bertz CT molecular complexity index is 1500. The van der Waals surface area contributed by atoms with Gasteiger partial charge in [0.05, 0.1) is 17.7 Å². The van der Waals surface area contributed by atoms with Gasteiger partial charge >= 0.3 is 5.97 Å². The number of nitrogens with zero attached hydrogens (tertiary/aromatic N) is 2. The van der Waals surface area contributed by atoms with Crippen LogP contribution in [0.15, 0.2) is 52.6 Å². The van der Waals surface area contributed by atoms with E-state index in [4.69, 9.17) is 25.8 Å². The van der Waals surface area contributed by atoms with E-state index in [1.54, 1.807) is 54.8 Å². The summed E-state index contributed by atoms with van der Waals surface area (Å²) in [5.41, 5.74) is 0.184. The molecule has 9 nitrogen and oxygen atoms in total. The minimum absolute atomic E-state index is 0.0359. The summed E-state index contributed by atoms with van der Waals surface area (Å²) >= 11 is 7.08. The molecular weight excluding hydrogens is 482 g/mol. The highest BCUT2D eigenvalue weighted by molar-refractivity contribution is 7.16. The van der Waals surface area contributed by atoms with Crippen LogP contribution >= 0.6 is 22.9 Å². The maximum Gasteiger partial charge on any atom is 0.359 e. The summed E-state index contributed by atoms with van der Waals surface area (Å²) in [6.07, 6.45) is 0. The summed E-state index contributed by atoms with van der Waals surface area (Å²) in [6.45, 7) is 1.90. The first-order valence-corrected chi connectivity index (χ1v) is 11.4. The van der Waals surface area contributed by atoms with Crippen molar-refractivity contribution in [3.05, 3.63) is 74.5 Å². The molecule has 0 bridgehead atoms. The number of anilines is 1. The van der Waals surface area contributed by atoms with Gasteiger partial charge in [-0.15, -0.1) is 11.3 Å². The monoisotopic (exact) mass is 497 g/mol. The first-order valence-electron chi connectivity index (χ1n) is 10.1. The number of fused-ring (bicyclic) bond motifs is 2. The number of benzene rings is 2. The zero-order chi connectivity index (χ0) is 23.8. The molecule has 11 heteroatoms. The first-order chi connectivity index (χ1) is 16.5. The van der Waals surface area contributed by atoms with Gasteiger partial charge in [0.2, 0.25) is 6.79 Å². The van der Waals surface area contributed by atoms with E-state index >= 15 is 0 Å². The molecule has 5 rings (SSSR count). The number of ether oxygens (including phenoxy) is 3. The molecule has 172 valence electrons. The minimum Gasteiger partial charge on any atom is -0.461 e. The van der Waals surface area contributed by atoms with Gasteiger partial charge in [-0.05, 0) is 49.4 Å². The lowest BCUT2D eigenvalue weighted by atomic mass is 10.2. The number of amides is 1. The normalized spacial score (nSPS) is 12.1. The van der Waals surface area contributed by atoms with Crippen LogP contribution in [0.3, 0.4) is 0 Å². The highest BCUT2D eigenvalue weighted by Crippen LogP contribution is 2.34. The van der Waals surface area contributed by atoms with E-state index in [0.29, 0.717) is 33.2 Å². The molecule has 0 saturated carbocycles. The van der Waals surface area contributed by atoms with Crippen LogP contribution in [0.1, 0.15) is 27.8 Å². The van der Waals surface area contributed by atoms with Crippen molar-refractivity contribution in [1.82, 2.24) is 9.78 Å². The number of thiophene rings is 1. The van der Waals surface area contributed by atoms with Crippen molar-refractivity contribution in [2.75, 3.05) is 18.7 Å². The number of rotatable bonds is 5. The molecule has 0 atom stereocenters. The predicted molar refractivity (Wildman–Crippen MR) is 127 cm³/mol. The van der Waals surface area contributed by atoms with Gasteiger partial charge in [0, 0.05) is 21.4 Å². The molecule has 1 N–H and O–H groups in total. The summed E-state index contributed by atoms with van der Waals surface area (Å²) in [5.74, 6) is -0.118. The second kappa shape index (κ2) is 8.81. The summed E-state index contributed by atoms with van der Waals surface area (Å²) < 4.78 is 16.8. The van der Waals surface area contributed by atoms with Gasteiger partial charge in [0.1, 0.15) is 5.00 Å². The topological polar surface area (TPSA) is 109 Å². The largest absolute Gasteiger partial charge is 0.461 e. The number of halogens is 1. The third-order valence-electron chi connectivity index (χ3n) is 5.05. The van der Waals surface area contributed by atoms with Crippen LogP contribution in [0.2, 0.25) is 5.02 Å². The zero-order valence-electron chi connectivity index (χ0n) is 17.7. The molecule has 2 aromatic heterocycles. The lowest BCUT2D eigenvalue weighted by molar-refractivity contribution is 0.0520. The molecule has 0 spiro atoms. The van der Waals surface area contributed by atoms with Crippen LogP contribution in [-0.4, -0.2) is 35.1 Å². The Hall–Kier alpha value is -3.89. The standard InChI is InChI=1S/C23H16ClN3O6S/c1-2-31-23(30)19-15-10-34-21(25-20(28)12-3-8-16-17(9-12)33-11-32-16)18(15)22(29)27(26-19)14-6-4-13(24)5-7-14/h3-10H,2,11H2,1H3,(H,25,28). The van der Waals surface area contributed by atoms with Crippen molar-refractivity contribution in [2.24, 2.45) is 0 Å². The molecule has 0 fully saturated rings. The Morgan fingerprint density at radius 2 is 1.94 bits per heavy atom. The Morgan fingerprint density at radius 1 is 1.18 bits per heavy atom. The second-order valence-corrected chi connectivity index (χ2v) is 8.45. The van der Waals surface area contributed by atoms with E-state index in [1.807, 2.05) is 0 Å². The van der Waals surface area contributed by atoms with Gasteiger partial charge in [-0.2, -0.15) is 9.78 Å². The predicted octanol–water partition coefficient (Wildman–Crippen LogP) is 4.26. The minimum atomic E-state index is -0.679. The number of hydrogen-bond acceptors (Lipinski definition) is 8. The van der Waals surface area contributed by atoms with Crippen molar-refractivity contribution in [1.29, 1.82) is 0 Å². The molecule has 3 heterocycles. The molecule has 0 radical (unpaired) electrons. The summed E-state index contributed by atoms with van der Waals surface area (Å²) in [7, 11) is 0. The molecule has 1 aliphatic heterocycles. The lowest BCUT2D eigenvalue weighted by Crippen LogP contribution is -2.25. The Kier molecular flexibility index (Phi) is 5.68. The van der Waals surface area contributed by atoms with E-state index in [-0.39, 0.29) is 29.5 Å². The average molecular weight is 498 g/mol. The summed E-state index contributed by atoms with van der Waals surface area (Å²) in [6, 6.07) is 11.2. The van der Waals surface area contributed by atoms with Gasteiger partial charge in [0.15, 0.2) is 17.2 Å². The Labute approximate surface area is 201 Å². The highest BCUT2D eigenvalue weighted by atomic mass is 35.5. The molecule has 0 aliphatic carbocycles. The van der Waals surface area contributed by atoms with E-state index in [9.17, 15) is 14.4 Å². The van der Waals surface area contributed by atoms with E-state index in [2.05, 4.69) is 10.4 Å². The van der Waals surface area contributed by atoms with Crippen molar-refractivity contribution in [2.45, 2.75) is 6.92 Å².